The van der Waals surface area contributed by atoms with Gasteiger partial charge in [-0.2, -0.15) is 0 Å². The molecule has 0 aliphatic rings. The van der Waals surface area contributed by atoms with Gasteiger partial charge in [-0.25, -0.2) is 9.82 Å². The SMILES string of the molecule is CP(=O)(OO)Oc1ccc(-c2ccccn2)cc1. The van der Waals surface area contributed by atoms with E-state index in [4.69, 9.17) is 9.78 Å². The summed E-state index contributed by atoms with van der Waals surface area (Å²) in [6.45, 7) is 1.18. The van der Waals surface area contributed by atoms with Crippen LogP contribution in [0.15, 0.2) is 48.7 Å². The van der Waals surface area contributed by atoms with E-state index in [0.29, 0.717) is 5.75 Å². The van der Waals surface area contributed by atoms with Crippen LogP contribution < -0.4 is 4.52 Å². The van der Waals surface area contributed by atoms with Gasteiger partial charge < -0.3 is 4.52 Å². The first-order valence-electron chi connectivity index (χ1n) is 5.22. The molecule has 0 aliphatic carbocycles. The molecule has 0 aliphatic heterocycles. The van der Waals surface area contributed by atoms with Crippen molar-refractivity contribution in [3.63, 3.8) is 0 Å². The molecule has 6 heteroatoms. The smallest absolute Gasteiger partial charge is 0.402 e. The second-order valence-electron chi connectivity index (χ2n) is 3.68. The van der Waals surface area contributed by atoms with Crippen molar-refractivity contribution in [2.24, 2.45) is 0 Å². The molecule has 5 nitrogen and oxygen atoms in total. The largest absolute Gasteiger partial charge is 0.423 e. The number of aromatic nitrogens is 1. The fourth-order valence-corrected chi connectivity index (χ4v) is 1.97. The summed E-state index contributed by atoms with van der Waals surface area (Å²) in [5.74, 6) is 0.356. The maximum atomic E-state index is 11.4. The van der Waals surface area contributed by atoms with Gasteiger partial charge in [0.25, 0.3) is 0 Å². The molecule has 1 aromatic heterocycles. The van der Waals surface area contributed by atoms with E-state index in [2.05, 4.69) is 9.66 Å². The zero-order valence-electron chi connectivity index (χ0n) is 9.69. The molecule has 94 valence electrons. The maximum Gasteiger partial charge on any atom is 0.402 e. The lowest BCUT2D eigenvalue weighted by molar-refractivity contribution is -0.143. The van der Waals surface area contributed by atoms with Gasteiger partial charge >= 0.3 is 7.60 Å². The lowest BCUT2D eigenvalue weighted by atomic mass is 10.1. The van der Waals surface area contributed by atoms with E-state index in [1.807, 2.05) is 18.2 Å². The lowest BCUT2D eigenvalue weighted by Gasteiger charge is -2.11. The zero-order chi connectivity index (χ0) is 13.0. The van der Waals surface area contributed by atoms with Crippen molar-refractivity contribution in [3.05, 3.63) is 48.7 Å². The first kappa shape index (κ1) is 12.8. The molecule has 0 radical (unpaired) electrons. The lowest BCUT2D eigenvalue weighted by Crippen LogP contribution is -1.93. The predicted molar refractivity (Wildman–Crippen MR) is 67.5 cm³/mol. The Morgan fingerprint density at radius 2 is 1.89 bits per heavy atom. The van der Waals surface area contributed by atoms with E-state index in [9.17, 15) is 4.57 Å². The van der Waals surface area contributed by atoms with E-state index < -0.39 is 7.60 Å². The molecule has 1 heterocycles. The van der Waals surface area contributed by atoms with Crippen LogP contribution in [0.3, 0.4) is 0 Å². The Balaban J connectivity index is 2.19. The summed E-state index contributed by atoms with van der Waals surface area (Å²) in [5, 5.41) is 8.39. The molecule has 1 aromatic carbocycles. The molecule has 2 aromatic rings. The van der Waals surface area contributed by atoms with Crippen LogP contribution in [-0.2, 0) is 9.24 Å². The number of rotatable bonds is 4. The molecular weight excluding hydrogens is 253 g/mol. The average Bonchev–Trinajstić information content (AvgIpc) is 2.40. The van der Waals surface area contributed by atoms with Gasteiger partial charge in [0.1, 0.15) is 5.75 Å². The van der Waals surface area contributed by atoms with Crippen LogP contribution >= 0.6 is 7.60 Å². The molecule has 0 saturated heterocycles. The van der Waals surface area contributed by atoms with Gasteiger partial charge in [-0.15, -0.1) is 4.67 Å². The molecular formula is C12H12NO4P. The first-order chi connectivity index (χ1) is 8.61. The van der Waals surface area contributed by atoms with E-state index in [1.165, 1.54) is 6.66 Å². The van der Waals surface area contributed by atoms with Crippen LogP contribution in [-0.4, -0.2) is 16.9 Å². The summed E-state index contributed by atoms with van der Waals surface area (Å²) in [6, 6.07) is 12.5. The highest BCUT2D eigenvalue weighted by Crippen LogP contribution is 2.43. The summed E-state index contributed by atoms with van der Waals surface area (Å²) in [4.78, 5) is 4.21. The second kappa shape index (κ2) is 5.31. The topological polar surface area (TPSA) is 68.7 Å². The molecule has 18 heavy (non-hydrogen) atoms. The third-order valence-corrected chi connectivity index (χ3v) is 3.07. The number of benzene rings is 1. The third kappa shape index (κ3) is 3.17. The van der Waals surface area contributed by atoms with Crippen molar-refractivity contribution in [2.75, 3.05) is 6.66 Å². The fraction of sp³-hybridized carbons (Fsp3) is 0.0833. The highest BCUT2D eigenvalue weighted by atomic mass is 31.2. The van der Waals surface area contributed by atoms with Gasteiger partial charge in [0.2, 0.25) is 0 Å². The van der Waals surface area contributed by atoms with E-state index in [0.717, 1.165) is 11.3 Å². The summed E-state index contributed by atoms with van der Waals surface area (Å²) in [5.41, 5.74) is 1.75. The Labute approximate surface area is 104 Å². The van der Waals surface area contributed by atoms with Gasteiger partial charge in [-0.3, -0.25) is 4.98 Å². The maximum absolute atomic E-state index is 11.4. The summed E-state index contributed by atoms with van der Waals surface area (Å²) in [7, 11) is -3.44. The average molecular weight is 265 g/mol. The van der Waals surface area contributed by atoms with Crippen molar-refractivity contribution in [1.29, 1.82) is 0 Å². The minimum Gasteiger partial charge on any atom is -0.423 e. The Hall–Kier alpha value is -1.68. The fourth-order valence-electron chi connectivity index (χ4n) is 1.43. The Kier molecular flexibility index (Phi) is 3.77. The van der Waals surface area contributed by atoms with Crippen molar-refractivity contribution in [3.8, 4) is 17.0 Å². The minimum atomic E-state index is -3.44. The second-order valence-corrected chi connectivity index (χ2v) is 5.57. The highest BCUT2D eigenvalue weighted by Gasteiger charge is 2.18. The van der Waals surface area contributed by atoms with Crippen molar-refractivity contribution in [2.45, 2.75) is 0 Å². The van der Waals surface area contributed by atoms with Crippen molar-refractivity contribution < 1.29 is 19.0 Å². The van der Waals surface area contributed by atoms with E-state index in [-0.39, 0.29) is 0 Å². The van der Waals surface area contributed by atoms with E-state index >= 15 is 0 Å². The van der Waals surface area contributed by atoms with Crippen LogP contribution in [0.1, 0.15) is 0 Å². The third-order valence-electron chi connectivity index (χ3n) is 2.23. The van der Waals surface area contributed by atoms with Gasteiger partial charge in [-0.1, -0.05) is 6.07 Å². The normalized spacial score (nSPS) is 13.9. The molecule has 2 rings (SSSR count). The van der Waals surface area contributed by atoms with Crippen molar-refractivity contribution in [1.82, 2.24) is 4.98 Å². The first-order valence-corrected chi connectivity index (χ1v) is 7.21. The van der Waals surface area contributed by atoms with Gasteiger partial charge in [0, 0.05) is 11.8 Å². The summed E-state index contributed by atoms with van der Waals surface area (Å²) >= 11 is 0. The van der Waals surface area contributed by atoms with Gasteiger partial charge in [0.15, 0.2) is 0 Å². The molecule has 1 N–H and O–H groups in total. The zero-order valence-corrected chi connectivity index (χ0v) is 10.6. The molecule has 0 saturated carbocycles. The van der Waals surface area contributed by atoms with Crippen molar-refractivity contribution >= 4 is 7.60 Å². The standard InChI is InChI=1S/C12H12NO4P/c1-18(15,17-14)16-11-7-5-10(6-8-11)12-4-2-3-9-13-12/h2-9,14H,1H3. The number of hydrogen-bond acceptors (Lipinski definition) is 5. The number of hydrogen-bond donors (Lipinski definition) is 1. The number of nitrogens with zero attached hydrogens (tertiary/aromatic N) is 1. The van der Waals surface area contributed by atoms with Crippen LogP contribution in [0, 0.1) is 0 Å². The highest BCUT2D eigenvalue weighted by molar-refractivity contribution is 7.53. The van der Waals surface area contributed by atoms with Crippen LogP contribution in [0.25, 0.3) is 11.3 Å². The molecule has 0 amide bonds. The summed E-state index contributed by atoms with van der Waals surface area (Å²) in [6.07, 6.45) is 1.71. The Morgan fingerprint density at radius 1 is 1.17 bits per heavy atom. The number of pyridine rings is 1. The monoisotopic (exact) mass is 265 g/mol. The minimum absolute atomic E-state index is 0.356. The quantitative estimate of drug-likeness (QED) is 0.521. The molecule has 0 spiro atoms. The van der Waals surface area contributed by atoms with Crippen LogP contribution in [0.4, 0.5) is 0 Å². The molecule has 1 unspecified atom stereocenters. The Bertz CT molecular complexity index is 556. The van der Waals surface area contributed by atoms with Crippen LogP contribution in [0.5, 0.6) is 5.75 Å². The van der Waals surface area contributed by atoms with Crippen LogP contribution in [0.2, 0.25) is 0 Å². The van der Waals surface area contributed by atoms with E-state index in [1.54, 1.807) is 30.5 Å². The molecule has 1 atom stereocenters. The predicted octanol–water partition coefficient (Wildman–Crippen LogP) is 3.44. The molecule has 0 bridgehead atoms. The summed E-state index contributed by atoms with van der Waals surface area (Å²) < 4.78 is 20.2. The van der Waals surface area contributed by atoms with Gasteiger partial charge in [-0.05, 0) is 36.4 Å². The Morgan fingerprint density at radius 3 is 2.44 bits per heavy atom. The van der Waals surface area contributed by atoms with Gasteiger partial charge in [0.05, 0.1) is 12.4 Å². The molecule has 0 fully saturated rings.